The van der Waals surface area contributed by atoms with Gasteiger partial charge in [-0.15, -0.1) is 24.8 Å². The summed E-state index contributed by atoms with van der Waals surface area (Å²) in [4.78, 5) is 0. The van der Waals surface area contributed by atoms with Crippen molar-refractivity contribution in [2.45, 2.75) is 6.04 Å². The fourth-order valence-electron chi connectivity index (χ4n) is 0.745. The van der Waals surface area contributed by atoms with Crippen LogP contribution in [0.4, 0.5) is 0 Å². The SMILES string of the molecule is Cl.Cl.N#C[C@@H]1CNCCN1. The Hall–Kier alpha value is -0.0100. The van der Waals surface area contributed by atoms with Crippen molar-refractivity contribution in [1.82, 2.24) is 10.6 Å². The molecule has 1 atom stereocenters. The lowest BCUT2D eigenvalue weighted by Crippen LogP contribution is -2.47. The van der Waals surface area contributed by atoms with E-state index in [0.29, 0.717) is 0 Å². The van der Waals surface area contributed by atoms with Crippen LogP contribution in [0.2, 0.25) is 0 Å². The van der Waals surface area contributed by atoms with Gasteiger partial charge in [-0.2, -0.15) is 5.26 Å². The van der Waals surface area contributed by atoms with Crippen molar-refractivity contribution < 1.29 is 0 Å². The molecule has 0 aliphatic carbocycles. The molecule has 60 valence electrons. The third kappa shape index (κ3) is 3.91. The van der Waals surface area contributed by atoms with E-state index in [2.05, 4.69) is 16.7 Å². The van der Waals surface area contributed by atoms with Crippen LogP contribution in [-0.4, -0.2) is 25.7 Å². The molecule has 0 spiro atoms. The number of nitrogens with zero attached hydrogens (tertiary/aromatic N) is 1. The summed E-state index contributed by atoms with van der Waals surface area (Å²) in [5.74, 6) is 0. The highest BCUT2D eigenvalue weighted by Crippen LogP contribution is 1.81. The largest absolute Gasteiger partial charge is 0.313 e. The quantitative estimate of drug-likeness (QED) is 0.553. The van der Waals surface area contributed by atoms with Crippen LogP contribution in [0.25, 0.3) is 0 Å². The Morgan fingerprint density at radius 2 is 2.00 bits per heavy atom. The van der Waals surface area contributed by atoms with Crippen molar-refractivity contribution >= 4 is 24.8 Å². The molecule has 1 saturated heterocycles. The smallest absolute Gasteiger partial charge is 0.108 e. The molecule has 5 heteroatoms. The standard InChI is InChI=1S/C5H9N3.2ClH/c6-3-5-4-7-1-2-8-5;;/h5,7-8H,1-2,4H2;2*1H/t5-;;/m1../s1. The summed E-state index contributed by atoms with van der Waals surface area (Å²) < 4.78 is 0. The average molecular weight is 184 g/mol. The fraction of sp³-hybridized carbons (Fsp3) is 0.800. The maximum absolute atomic E-state index is 8.34. The highest BCUT2D eigenvalue weighted by molar-refractivity contribution is 5.85. The molecule has 1 fully saturated rings. The van der Waals surface area contributed by atoms with Gasteiger partial charge in [0.25, 0.3) is 0 Å². The Labute approximate surface area is 73.0 Å². The molecule has 1 aliphatic heterocycles. The third-order valence-electron chi connectivity index (χ3n) is 1.20. The minimum absolute atomic E-state index is 0. The lowest BCUT2D eigenvalue weighted by atomic mass is 10.3. The summed E-state index contributed by atoms with van der Waals surface area (Å²) in [5, 5.41) is 14.5. The first-order valence-corrected chi connectivity index (χ1v) is 2.77. The molecule has 2 N–H and O–H groups in total. The van der Waals surface area contributed by atoms with Gasteiger partial charge >= 0.3 is 0 Å². The number of hydrogen-bond acceptors (Lipinski definition) is 3. The molecule has 0 aromatic carbocycles. The van der Waals surface area contributed by atoms with E-state index in [-0.39, 0.29) is 30.9 Å². The lowest BCUT2D eigenvalue weighted by Gasteiger charge is -2.17. The monoisotopic (exact) mass is 183 g/mol. The van der Waals surface area contributed by atoms with Crippen LogP contribution >= 0.6 is 24.8 Å². The van der Waals surface area contributed by atoms with E-state index in [4.69, 9.17) is 5.26 Å². The number of piperazine rings is 1. The van der Waals surface area contributed by atoms with Gasteiger partial charge in [0.1, 0.15) is 6.04 Å². The van der Waals surface area contributed by atoms with Crippen LogP contribution in [0.1, 0.15) is 0 Å². The Bertz CT molecular complexity index is 106. The molecule has 0 unspecified atom stereocenters. The Kier molecular flexibility index (Phi) is 8.98. The summed E-state index contributed by atoms with van der Waals surface area (Å²) in [6.07, 6.45) is 0. The van der Waals surface area contributed by atoms with Gasteiger partial charge in [0.05, 0.1) is 6.07 Å². The van der Waals surface area contributed by atoms with Crippen LogP contribution in [0.15, 0.2) is 0 Å². The molecule has 0 saturated carbocycles. The van der Waals surface area contributed by atoms with Crippen LogP contribution in [0.5, 0.6) is 0 Å². The van der Waals surface area contributed by atoms with Crippen molar-refractivity contribution in [3.8, 4) is 6.07 Å². The number of nitriles is 1. The Morgan fingerprint density at radius 1 is 1.30 bits per heavy atom. The maximum atomic E-state index is 8.34. The molecule has 3 nitrogen and oxygen atoms in total. The first-order valence-electron chi connectivity index (χ1n) is 2.77. The Morgan fingerprint density at radius 3 is 2.30 bits per heavy atom. The first kappa shape index (κ1) is 12.6. The van der Waals surface area contributed by atoms with E-state index in [0.717, 1.165) is 19.6 Å². The number of rotatable bonds is 0. The summed E-state index contributed by atoms with van der Waals surface area (Å²) in [5.41, 5.74) is 0. The summed E-state index contributed by atoms with van der Waals surface area (Å²) in [6, 6.07) is 2.16. The van der Waals surface area contributed by atoms with Gasteiger partial charge in [-0.25, -0.2) is 0 Å². The summed E-state index contributed by atoms with van der Waals surface area (Å²) in [7, 11) is 0. The van der Waals surface area contributed by atoms with Crippen LogP contribution in [-0.2, 0) is 0 Å². The van der Waals surface area contributed by atoms with Gasteiger partial charge in [-0.05, 0) is 0 Å². The molecule has 0 radical (unpaired) electrons. The van der Waals surface area contributed by atoms with Crippen LogP contribution < -0.4 is 10.6 Å². The van der Waals surface area contributed by atoms with Gasteiger partial charge in [0.2, 0.25) is 0 Å². The van der Waals surface area contributed by atoms with Crippen LogP contribution in [0, 0.1) is 11.3 Å². The van der Waals surface area contributed by atoms with E-state index in [1.54, 1.807) is 0 Å². The highest BCUT2D eigenvalue weighted by atomic mass is 35.5. The molecule has 0 bridgehead atoms. The number of nitrogens with one attached hydrogen (secondary N) is 2. The second kappa shape index (κ2) is 7.10. The second-order valence-corrected chi connectivity index (χ2v) is 1.84. The predicted molar refractivity (Wildman–Crippen MR) is 44.8 cm³/mol. The maximum Gasteiger partial charge on any atom is 0.108 e. The topological polar surface area (TPSA) is 47.9 Å². The van der Waals surface area contributed by atoms with E-state index in [9.17, 15) is 0 Å². The molecular weight excluding hydrogens is 173 g/mol. The van der Waals surface area contributed by atoms with Crippen LogP contribution in [0.3, 0.4) is 0 Å². The number of halogens is 2. The highest BCUT2D eigenvalue weighted by Gasteiger charge is 2.08. The summed E-state index contributed by atoms with van der Waals surface area (Å²) in [6.45, 7) is 2.69. The van der Waals surface area contributed by atoms with E-state index in [1.165, 1.54) is 0 Å². The molecule has 0 aromatic heterocycles. The van der Waals surface area contributed by atoms with Gasteiger partial charge in [-0.1, -0.05) is 0 Å². The Balaban J connectivity index is 0. The zero-order valence-corrected chi connectivity index (χ0v) is 7.10. The van der Waals surface area contributed by atoms with Gasteiger partial charge in [0.15, 0.2) is 0 Å². The molecule has 10 heavy (non-hydrogen) atoms. The molecule has 1 heterocycles. The van der Waals surface area contributed by atoms with Crippen molar-refractivity contribution in [3.63, 3.8) is 0 Å². The minimum atomic E-state index is 0. The lowest BCUT2D eigenvalue weighted by molar-refractivity contribution is 0.477. The molecule has 1 aliphatic rings. The van der Waals surface area contributed by atoms with Gasteiger partial charge in [0, 0.05) is 19.6 Å². The van der Waals surface area contributed by atoms with Gasteiger partial charge in [-0.3, -0.25) is 5.32 Å². The molecule has 1 rings (SSSR count). The third-order valence-corrected chi connectivity index (χ3v) is 1.20. The molecular formula is C5H11Cl2N3. The first-order chi connectivity index (χ1) is 3.93. The van der Waals surface area contributed by atoms with Crippen molar-refractivity contribution in [1.29, 1.82) is 5.26 Å². The predicted octanol–water partition coefficient (Wildman–Crippen LogP) is -0.0850. The minimum Gasteiger partial charge on any atom is -0.313 e. The van der Waals surface area contributed by atoms with E-state index in [1.807, 2.05) is 0 Å². The zero-order valence-electron chi connectivity index (χ0n) is 5.46. The molecule has 0 aromatic rings. The average Bonchev–Trinajstić information content (AvgIpc) is 1.90. The summed E-state index contributed by atoms with van der Waals surface area (Å²) >= 11 is 0. The molecule has 0 amide bonds. The second-order valence-electron chi connectivity index (χ2n) is 1.84. The van der Waals surface area contributed by atoms with Crippen molar-refractivity contribution in [3.05, 3.63) is 0 Å². The van der Waals surface area contributed by atoms with E-state index < -0.39 is 0 Å². The number of hydrogen-bond donors (Lipinski definition) is 2. The fourth-order valence-corrected chi connectivity index (χ4v) is 0.745. The van der Waals surface area contributed by atoms with Gasteiger partial charge < -0.3 is 5.32 Å². The van der Waals surface area contributed by atoms with Crippen molar-refractivity contribution in [2.24, 2.45) is 0 Å². The van der Waals surface area contributed by atoms with Crippen molar-refractivity contribution in [2.75, 3.05) is 19.6 Å². The zero-order chi connectivity index (χ0) is 5.82. The van der Waals surface area contributed by atoms with E-state index >= 15 is 0 Å². The normalized spacial score (nSPS) is 23.3.